The maximum atomic E-state index is 12.7. The average molecular weight is 523 g/mol. The van der Waals surface area contributed by atoms with E-state index in [-0.39, 0.29) is 42.4 Å². The number of hydrogen-bond donors (Lipinski definition) is 1. The second-order valence-corrected chi connectivity index (χ2v) is 6.32. The predicted octanol–water partition coefficient (Wildman–Crippen LogP) is 3.53. The highest BCUT2D eigenvalue weighted by Crippen LogP contribution is 2.29. The van der Waals surface area contributed by atoms with E-state index in [2.05, 4.69) is 22.2 Å². The number of guanidine groups is 1. The molecule has 0 aromatic heterocycles. The van der Waals surface area contributed by atoms with Crippen LogP contribution in [0.2, 0.25) is 0 Å². The van der Waals surface area contributed by atoms with Gasteiger partial charge in [-0.25, -0.2) is 0 Å². The highest BCUT2D eigenvalue weighted by molar-refractivity contribution is 14.0. The summed E-state index contributed by atoms with van der Waals surface area (Å²) >= 11 is 0. The molecular formula is C20H25F3IN3O2. The number of ether oxygens (including phenoxy) is 1. The number of alkyl halides is 3. The van der Waals surface area contributed by atoms with Crippen LogP contribution in [0, 0.1) is 17.8 Å². The normalized spacial score (nSPS) is 16.9. The van der Waals surface area contributed by atoms with Crippen molar-refractivity contribution in [3.63, 3.8) is 0 Å². The van der Waals surface area contributed by atoms with Crippen LogP contribution >= 0.6 is 24.0 Å². The third-order valence-electron chi connectivity index (χ3n) is 4.31. The van der Waals surface area contributed by atoms with Crippen molar-refractivity contribution in [2.75, 3.05) is 33.3 Å². The lowest BCUT2D eigenvalue weighted by Gasteiger charge is -2.33. The first-order valence-corrected chi connectivity index (χ1v) is 9.13. The van der Waals surface area contributed by atoms with Gasteiger partial charge in [-0.3, -0.25) is 9.79 Å². The number of halogens is 4. The summed E-state index contributed by atoms with van der Waals surface area (Å²) < 4.78 is 43.3. The molecule has 1 heterocycles. The maximum Gasteiger partial charge on any atom is 0.416 e. The smallest absolute Gasteiger partial charge is 0.416 e. The third kappa shape index (κ3) is 7.76. The Kier molecular flexibility index (Phi) is 10.3. The number of piperidine rings is 1. The molecule has 0 saturated carbocycles. The van der Waals surface area contributed by atoms with Crippen LogP contribution < -0.4 is 5.32 Å². The maximum absolute atomic E-state index is 12.7. The molecular weight excluding hydrogens is 498 g/mol. The summed E-state index contributed by atoms with van der Waals surface area (Å²) in [4.78, 5) is 18.1. The van der Waals surface area contributed by atoms with E-state index < -0.39 is 11.7 Å². The second kappa shape index (κ2) is 11.9. The zero-order valence-corrected chi connectivity index (χ0v) is 18.7. The van der Waals surface area contributed by atoms with E-state index >= 15 is 0 Å². The number of rotatable bonds is 3. The van der Waals surface area contributed by atoms with E-state index in [4.69, 9.17) is 4.74 Å². The van der Waals surface area contributed by atoms with Crippen LogP contribution in [-0.4, -0.2) is 50.1 Å². The van der Waals surface area contributed by atoms with E-state index in [1.165, 1.54) is 12.1 Å². The van der Waals surface area contributed by atoms with Gasteiger partial charge in [-0.2, -0.15) is 13.2 Å². The largest absolute Gasteiger partial charge is 0.466 e. The Morgan fingerprint density at radius 1 is 1.41 bits per heavy atom. The van der Waals surface area contributed by atoms with Crippen molar-refractivity contribution >= 4 is 35.9 Å². The Labute approximate surface area is 186 Å². The van der Waals surface area contributed by atoms with Crippen LogP contribution in [0.5, 0.6) is 0 Å². The number of nitrogens with zero attached hydrogens (tertiary/aromatic N) is 2. The molecule has 1 saturated heterocycles. The number of nitrogens with one attached hydrogen (secondary N) is 1. The summed E-state index contributed by atoms with van der Waals surface area (Å²) in [5.74, 6) is 5.74. The van der Waals surface area contributed by atoms with Crippen molar-refractivity contribution in [3.8, 4) is 11.8 Å². The van der Waals surface area contributed by atoms with Gasteiger partial charge in [0.2, 0.25) is 0 Å². The van der Waals surface area contributed by atoms with E-state index in [1.54, 1.807) is 14.0 Å². The van der Waals surface area contributed by atoms with E-state index in [9.17, 15) is 18.0 Å². The first kappa shape index (κ1) is 25.1. The zero-order valence-electron chi connectivity index (χ0n) is 16.4. The van der Waals surface area contributed by atoms with Gasteiger partial charge in [0.25, 0.3) is 0 Å². The fourth-order valence-electron chi connectivity index (χ4n) is 3.00. The average Bonchev–Trinajstić information content (AvgIpc) is 2.68. The van der Waals surface area contributed by atoms with E-state index in [0.29, 0.717) is 24.7 Å². The van der Waals surface area contributed by atoms with Gasteiger partial charge in [0.05, 0.1) is 24.6 Å². The molecule has 1 aromatic rings. The van der Waals surface area contributed by atoms with Gasteiger partial charge in [0.15, 0.2) is 5.96 Å². The van der Waals surface area contributed by atoms with Crippen LogP contribution in [-0.2, 0) is 15.7 Å². The molecule has 2 rings (SSSR count). The minimum atomic E-state index is -4.39. The number of likely N-dealkylation sites (tertiary alicyclic amines) is 1. The van der Waals surface area contributed by atoms with Gasteiger partial charge >= 0.3 is 12.1 Å². The molecule has 29 heavy (non-hydrogen) atoms. The topological polar surface area (TPSA) is 53.9 Å². The van der Waals surface area contributed by atoms with Gasteiger partial charge in [-0.05, 0) is 38.0 Å². The third-order valence-corrected chi connectivity index (χ3v) is 4.31. The van der Waals surface area contributed by atoms with Crippen LogP contribution in [0.1, 0.15) is 30.9 Å². The molecule has 1 aliphatic rings. The standard InChI is InChI=1S/C20H24F3N3O2.HI/c1-3-28-18(27)16-9-6-12-26(14-16)19(24-2)25-11-5-8-15-7-4-10-17(13-15)20(21,22)23;/h4,7,10,13,16H,3,6,9,11-12,14H2,1-2H3,(H,24,25);1H. The van der Waals surface area contributed by atoms with Gasteiger partial charge < -0.3 is 15.0 Å². The van der Waals surface area contributed by atoms with Crippen molar-refractivity contribution in [2.24, 2.45) is 10.9 Å². The second-order valence-electron chi connectivity index (χ2n) is 6.32. The summed E-state index contributed by atoms with van der Waals surface area (Å²) in [6, 6.07) is 4.91. The molecule has 1 unspecified atom stereocenters. The first-order chi connectivity index (χ1) is 13.3. The Bertz CT molecular complexity index is 772. The van der Waals surface area contributed by atoms with Crippen molar-refractivity contribution in [1.29, 1.82) is 0 Å². The lowest BCUT2D eigenvalue weighted by atomic mass is 9.98. The lowest BCUT2D eigenvalue weighted by molar-refractivity contribution is -0.149. The van der Waals surface area contributed by atoms with Crippen molar-refractivity contribution < 1.29 is 22.7 Å². The number of carbonyl (C=O) groups is 1. The molecule has 9 heteroatoms. The SMILES string of the molecule is CCOC(=O)C1CCCN(C(=NC)NCC#Cc2cccc(C(F)(F)F)c2)C1.I. The Morgan fingerprint density at radius 3 is 2.83 bits per heavy atom. The van der Waals surface area contributed by atoms with Crippen LogP contribution in [0.3, 0.4) is 0 Å². The molecule has 5 nitrogen and oxygen atoms in total. The molecule has 1 fully saturated rings. The summed E-state index contributed by atoms with van der Waals surface area (Å²) in [7, 11) is 1.64. The molecule has 1 N–H and O–H groups in total. The van der Waals surface area contributed by atoms with Crippen molar-refractivity contribution in [3.05, 3.63) is 35.4 Å². The molecule has 0 aliphatic carbocycles. The molecule has 0 radical (unpaired) electrons. The van der Waals surface area contributed by atoms with Crippen molar-refractivity contribution in [2.45, 2.75) is 25.9 Å². The molecule has 0 amide bonds. The van der Waals surface area contributed by atoms with E-state index in [1.807, 2.05) is 4.90 Å². The van der Waals surface area contributed by atoms with Gasteiger partial charge in [-0.15, -0.1) is 24.0 Å². The molecule has 1 aromatic carbocycles. The molecule has 0 bridgehead atoms. The highest BCUT2D eigenvalue weighted by atomic mass is 127. The monoisotopic (exact) mass is 523 g/mol. The minimum absolute atomic E-state index is 0. The fraction of sp³-hybridized carbons (Fsp3) is 0.500. The minimum Gasteiger partial charge on any atom is -0.466 e. The number of hydrogen-bond acceptors (Lipinski definition) is 3. The van der Waals surface area contributed by atoms with Gasteiger partial charge in [-0.1, -0.05) is 17.9 Å². The van der Waals surface area contributed by atoms with Crippen LogP contribution in [0.4, 0.5) is 13.2 Å². The summed E-state index contributed by atoms with van der Waals surface area (Å²) in [5.41, 5.74) is -0.423. The Morgan fingerprint density at radius 2 is 2.17 bits per heavy atom. The number of aliphatic imine (C=N–C) groups is 1. The quantitative estimate of drug-likeness (QED) is 0.217. The van der Waals surface area contributed by atoms with Crippen LogP contribution in [0.15, 0.2) is 29.3 Å². The lowest BCUT2D eigenvalue weighted by Crippen LogP contribution is -2.48. The molecule has 1 aliphatic heterocycles. The fourth-order valence-corrected chi connectivity index (χ4v) is 3.00. The van der Waals surface area contributed by atoms with E-state index in [0.717, 1.165) is 31.5 Å². The molecule has 1 atom stereocenters. The summed E-state index contributed by atoms with van der Waals surface area (Å²) in [6.07, 6.45) is -2.76. The predicted molar refractivity (Wildman–Crippen MR) is 116 cm³/mol. The van der Waals surface area contributed by atoms with Crippen LogP contribution in [0.25, 0.3) is 0 Å². The zero-order chi connectivity index (χ0) is 20.6. The molecule has 160 valence electrons. The first-order valence-electron chi connectivity index (χ1n) is 9.13. The number of carbonyl (C=O) groups excluding carboxylic acids is 1. The van der Waals surface area contributed by atoms with Gasteiger partial charge in [0, 0.05) is 25.7 Å². The summed E-state index contributed by atoms with van der Waals surface area (Å²) in [6.45, 7) is 3.63. The Balaban J connectivity index is 0.00000420. The summed E-state index contributed by atoms with van der Waals surface area (Å²) in [5, 5.41) is 3.07. The highest BCUT2D eigenvalue weighted by Gasteiger charge is 2.30. The molecule has 0 spiro atoms. The number of esters is 1. The number of benzene rings is 1. The Hall–Kier alpha value is -1.96. The van der Waals surface area contributed by atoms with Gasteiger partial charge in [0.1, 0.15) is 0 Å². The van der Waals surface area contributed by atoms with Crippen molar-refractivity contribution in [1.82, 2.24) is 10.2 Å².